The van der Waals surface area contributed by atoms with Gasteiger partial charge in [0.2, 0.25) is 0 Å². The molecule has 0 spiro atoms. The number of unbranched alkanes of at least 4 members (excludes halogenated alkanes) is 1. The van der Waals surface area contributed by atoms with Crippen LogP contribution in [0.2, 0.25) is 0 Å². The van der Waals surface area contributed by atoms with Crippen molar-refractivity contribution in [1.82, 2.24) is 4.98 Å². The van der Waals surface area contributed by atoms with Crippen LogP contribution in [-0.2, 0) is 9.59 Å². The van der Waals surface area contributed by atoms with E-state index < -0.39 is 22.3 Å². The van der Waals surface area contributed by atoms with E-state index in [-0.39, 0.29) is 17.8 Å². The van der Waals surface area contributed by atoms with E-state index in [9.17, 15) is 29.9 Å². The van der Waals surface area contributed by atoms with Gasteiger partial charge in [-0.2, -0.15) is 0 Å². The van der Waals surface area contributed by atoms with Gasteiger partial charge >= 0.3 is 16.9 Å². The van der Waals surface area contributed by atoms with Crippen LogP contribution >= 0.6 is 11.3 Å². The predicted octanol–water partition coefficient (Wildman–Crippen LogP) is 2.61. The van der Waals surface area contributed by atoms with E-state index in [0.29, 0.717) is 31.1 Å². The van der Waals surface area contributed by atoms with Gasteiger partial charge in [0.1, 0.15) is 6.20 Å². The predicted molar refractivity (Wildman–Crippen MR) is 88.5 cm³/mol. The molecule has 1 heterocycles. The summed E-state index contributed by atoms with van der Waals surface area (Å²) in [6.45, 7) is 4.56. The van der Waals surface area contributed by atoms with Crippen LogP contribution in [0.25, 0.3) is 0 Å². The molecule has 0 saturated carbocycles. The number of carboxylic acids is 2. The first-order chi connectivity index (χ1) is 11.3. The lowest BCUT2D eigenvalue weighted by Gasteiger charge is -2.24. The van der Waals surface area contributed by atoms with Crippen molar-refractivity contribution in [2.75, 3.05) is 18.0 Å². The molecule has 24 heavy (non-hydrogen) atoms. The Morgan fingerprint density at radius 3 is 2.38 bits per heavy atom. The third kappa shape index (κ3) is 4.40. The Balaban J connectivity index is 2.62. The average Bonchev–Trinajstić information content (AvgIpc) is 3.00. The van der Waals surface area contributed by atoms with E-state index in [1.807, 2.05) is 11.8 Å². The zero-order chi connectivity index (χ0) is 18.3. The molecule has 0 saturated heterocycles. The van der Waals surface area contributed by atoms with Crippen molar-refractivity contribution in [2.24, 2.45) is 5.41 Å². The molecule has 1 aromatic rings. The van der Waals surface area contributed by atoms with Crippen molar-refractivity contribution in [1.29, 1.82) is 0 Å². The Morgan fingerprint density at radius 2 is 1.96 bits per heavy atom. The number of aromatic nitrogens is 1. The summed E-state index contributed by atoms with van der Waals surface area (Å²) >= 11 is 0.979. The number of aliphatic carboxylic acids is 2. The third-order valence-electron chi connectivity index (χ3n) is 4.02. The molecule has 0 unspecified atom stereocenters. The maximum atomic E-state index is 11.3. The van der Waals surface area contributed by atoms with Gasteiger partial charge in [0.15, 0.2) is 10.5 Å². The Bertz CT molecular complexity index is 589. The molecule has 2 N–H and O–H groups in total. The van der Waals surface area contributed by atoms with E-state index in [2.05, 4.69) is 4.98 Å². The Labute approximate surface area is 143 Å². The second-order valence-corrected chi connectivity index (χ2v) is 6.31. The Morgan fingerprint density at radius 1 is 1.33 bits per heavy atom. The maximum Gasteiger partial charge on any atom is 0.345 e. The Hall–Kier alpha value is -2.23. The third-order valence-corrected chi connectivity index (χ3v) is 5.03. The van der Waals surface area contributed by atoms with Crippen LogP contribution in [0.5, 0.6) is 0 Å². The van der Waals surface area contributed by atoms with Crippen LogP contribution in [0.4, 0.5) is 10.1 Å². The van der Waals surface area contributed by atoms with Crippen LogP contribution in [-0.4, -0.2) is 45.1 Å². The quantitative estimate of drug-likeness (QED) is 0.266. The molecule has 0 aliphatic heterocycles. The number of nitrogens with zero attached hydrogens (tertiary/aromatic N) is 3. The number of nitro groups is 1. The van der Waals surface area contributed by atoms with Crippen molar-refractivity contribution < 1.29 is 24.7 Å². The lowest BCUT2D eigenvalue weighted by Crippen LogP contribution is -2.39. The molecule has 0 aliphatic rings. The summed E-state index contributed by atoms with van der Waals surface area (Å²) < 4.78 is 0. The van der Waals surface area contributed by atoms with E-state index in [0.717, 1.165) is 11.3 Å². The van der Waals surface area contributed by atoms with Gasteiger partial charge in [-0.25, -0.2) is 4.98 Å². The lowest BCUT2D eigenvalue weighted by molar-refractivity contribution is -0.380. The molecule has 1 rings (SSSR count). The molecular weight excluding hydrogens is 338 g/mol. The number of thiazole rings is 1. The van der Waals surface area contributed by atoms with Crippen molar-refractivity contribution in [2.45, 2.75) is 39.5 Å². The number of hydrogen-bond acceptors (Lipinski definition) is 7. The van der Waals surface area contributed by atoms with Crippen LogP contribution in [0, 0.1) is 15.5 Å². The van der Waals surface area contributed by atoms with E-state index >= 15 is 0 Å². The zero-order valence-corrected chi connectivity index (χ0v) is 14.4. The van der Waals surface area contributed by atoms with Gasteiger partial charge in [0.25, 0.3) is 0 Å². The van der Waals surface area contributed by atoms with Crippen molar-refractivity contribution in [3.8, 4) is 0 Å². The summed E-state index contributed by atoms with van der Waals surface area (Å²) in [6.07, 6.45) is 2.27. The molecule has 1 aromatic heterocycles. The van der Waals surface area contributed by atoms with Crippen molar-refractivity contribution in [3.05, 3.63) is 16.3 Å². The normalized spacial score (nSPS) is 11.2. The first-order valence-corrected chi connectivity index (χ1v) is 8.42. The molecular formula is C14H21N3O6S. The van der Waals surface area contributed by atoms with E-state index in [4.69, 9.17) is 0 Å². The first kappa shape index (κ1) is 19.8. The SMILES string of the molecule is CCN(CCCCC(CC)(C(=O)O)C(=O)O)c1ncc([N+](=O)[O-])s1. The van der Waals surface area contributed by atoms with Gasteiger partial charge in [-0.1, -0.05) is 6.92 Å². The topological polar surface area (TPSA) is 134 Å². The number of hydrogen-bond donors (Lipinski definition) is 2. The smallest absolute Gasteiger partial charge is 0.345 e. The molecule has 0 bridgehead atoms. The Kier molecular flexibility index (Phi) is 7.08. The highest BCUT2D eigenvalue weighted by molar-refractivity contribution is 7.18. The summed E-state index contributed by atoms with van der Waals surface area (Å²) in [7, 11) is 0. The van der Waals surface area contributed by atoms with Crippen LogP contribution in [0.1, 0.15) is 39.5 Å². The monoisotopic (exact) mass is 359 g/mol. The fraction of sp³-hybridized carbons (Fsp3) is 0.643. The first-order valence-electron chi connectivity index (χ1n) is 7.60. The standard InChI is InChI=1S/C14H21N3O6S/c1-3-14(11(18)19,12(20)21)7-5-6-8-16(4-2)13-15-9-10(24-13)17(22)23/h9H,3-8H2,1-2H3,(H,18,19)(H,20,21). The molecule has 0 fully saturated rings. The van der Waals surface area contributed by atoms with Crippen LogP contribution in [0.15, 0.2) is 6.20 Å². The fourth-order valence-electron chi connectivity index (χ4n) is 2.39. The van der Waals surface area contributed by atoms with E-state index in [1.54, 1.807) is 6.92 Å². The van der Waals surface area contributed by atoms with Crippen LogP contribution in [0.3, 0.4) is 0 Å². The van der Waals surface area contributed by atoms with Crippen LogP contribution < -0.4 is 4.90 Å². The minimum absolute atomic E-state index is 0.0217. The molecule has 0 radical (unpaired) electrons. The number of rotatable bonds is 11. The van der Waals surface area contributed by atoms with Crippen molar-refractivity contribution in [3.63, 3.8) is 0 Å². The highest BCUT2D eigenvalue weighted by Gasteiger charge is 2.44. The summed E-state index contributed by atoms with van der Waals surface area (Å²) in [5.41, 5.74) is -1.75. The van der Waals surface area contributed by atoms with E-state index in [1.165, 1.54) is 6.20 Å². The summed E-state index contributed by atoms with van der Waals surface area (Å²) in [5, 5.41) is 29.6. The second kappa shape index (κ2) is 8.57. The fourth-order valence-corrected chi connectivity index (χ4v) is 3.21. The second-order valence-electron chi connectivity index (χ2n) is 5.32. The zero-order valence-electron chi connectivity index (χ0n) is 13.6. The van der Waals surface area contributed by atoms with Crippen molar-refractivity contribution >= 4 is 33.4 Å². The number of carbonyl (C=O) groups is 2. The largest absolute Gasteiger partial charge is 0.480 e. The molecule has 134 valence electrons. The highest BCUT2D eigenvalue weighted by atomic mass is 32.1. The number of carboxylic acid groups (broad SMARTS) is 2. The minimum atomic E-state index is -1.75. The lowest BCUT2D eigenvalue weighted by atomic mass is 9.80. The van der Waals surface area contributed by atoms with Gasteiger partial charge < -0.3 is 15.1 Å². The summed E-state index contributed by atoms with van der Waals surface area (Å²) in [4.78, 5) is 38.7. The summed E-state index contributed by atoms with van der Waals surface area (Å²) in [5.74, 6) is -2.64. The molecule has 10 heteroatoms. The van der Waals surface area contributed by atoms with Gasteiger partial charge in [0, 0.05) is 13.1 Å². The van der Waals surface area contributed by atoms with Gasteiger partial charge in [-0.05, 0) is 43.9 Å². The number of anilines is 1. The molecule has 0 amide bonds. The highest BCUT2D eigenvalue weighted by Crippen LogP contribution is 2.31. The average molecular weight is 359 g/mol. The van der Waals surface area contributed by atoms with Gasteiger partial charge in [0.05, 0.1) is 4.92 Å². The van der Waals surface area contributed by atoms with Gasteiger partial charge in [-0.3, -0.25) is 19.7 Å². The molecule has 0 aromatic carbocycles. The molecule has 0 aliphatic carbocycles. The van der Waals surface area contributed by atoms with Gasteiger partial charge in [-0.15, -0.1) is 0 Å². The minimum Gasteiger partial charge on any atom is -0.480 e. The molecule has 0 atom stereocenters. The summed E-state index contributed by atoms with van der Waals surface area (Å²) in [6, 6.07) is 0. The molecule has 9 nitrogen and oxygen atoms in total. The maximum absolute atomic E-state index is 11.3.